The average molecular weight is 262 g/mol. The van der Waals surface area contributed by atoms with E-state index in [0.717, 1.165) is 19.3 Å². The van der Waals surface area contributed by atoms with E-state index >= 15 is 0 Å². The summed E-state index contributed by atoms with van der Waals surface area (Å²) >= 11 is 0. The summed E-state index contributed by atoms with van der Waals surface area (Å²) < 4.78 is 0. The lowest BCUT2D eigenvalue weighted by Crippen LogP contribution is -2.45. The van der Waals surface area contributed by atoms with Gasteiger partial charge in [0, 0.05) is 11.6 Å². The van der Waals surface area contributed by atoms with Crippen LogP contribution in [0.2, 0.25) is 0 Å². The summed E-state index contributed by atoms with van der Waals surface area (Å²) in [5.41, 5.74) is 6.42. The fourth-order valence-corrected chi connectivity index (χ4v) is 2.77. The molecule has 4 heteroatoms. The number of nitrogens with two attached hydrogens (primary N) is 1. The molecule has 0 spiro atoms. The molecule has 0 heterocycles. The van der Waals surface area contributed by atoms with Crippen LogP contribution in [0.1, 0.15) is 31.2 Å². The van der Waals surface area contributed by atoms with Gasteiger partial charge in [-0.3, -0.25) is 4.79 Å². The lowest BCUT2D eigenvalue weighted by atomic mass is 9.84. The van der Waals surface area contributed by atoms with Crippen LogP contribution in [0.25, 0.3) is 0 Å². The largest absolute Gasteiger partial charge is 0.508 e. The van der Waals surface area contributed by atoms with E-state index in [1.165, 1.54) is 6.42 Å². The van der Waals surface area contributed by atoms with Crippen LogP contribution in [-0.4, -0.2) is 23.6 Å². The summed E-state index contributed by atoms with van der Waals surface area (Å²) in [6.07, 6.45) is 4.68. The maximum absolute atomic E-state index is 12.0. The Kier molecular flexibility index (Phi) is 4.80. The molecule has 1 aromatic rings. The molecule has 1 aromatic carbocycles. The Balaban J connectivity index is 1.92. The minimum Gasteiger partial charge on any atom is -0.508 e. The fraction of sp³-hybridized carbons (Fsp3) is 0.533. The Hall–Kier alpha value is -1.55. The zero-order valence-electron chi connectivity index (χ0n) is 11.1. The number of para-hydroxylation sites is 1. The number of carbonyl (C=O) groups is 1. The molecule has 0 aliphatic heterocycles. The second-order valence-corrected chi connectivity index (χ2v) is 5.26. The standard InChI is InChI=1S/C15H22N2O2/c16-10-12-6-1-3-7-13(12)17-15(19)9-11-5-2-4-8-14(11)18/h2,4-5,8,12-13,18H,1,3,6-7,9-10,16H2,(H,17,19). The molecular weight excluding hydrogens is 240 g/mol. The SMILES string of the molecule is NCC1CCCCC1NC(=O)Cc1ccccc1O. The molecule has 1 saturated carbocycles. The fourth-order valence-electron chi connectivity index (χ4n) is 2.77. The van der Waals surface area contributed by atoms with Gasteiger partial charge in [-0.15, -0.1) is 0 Å². The molecule has 19 heavy (non-hydrogen) atoms. The third-order valence-electron chi connectivity index (χ3n) is 3.90. The number of rotatable bonds is 4. The number of carbonyl (C=O) groups excluding carboxylic acids is 1. The molecule has 1 aliphatic carbocycles. The van der Waals surface area contributed by atoms with E-state index in [-0.39, 0.29) is 24.1 Å². The van der Waals surface area contributed by atoms with Gasteiger partial charge < -0.3 is 16.2 Å². The van der Waals surface area contributed by atoms with Crippen molar-refractivity contribution in [3.05, 3.63) is 29.8 Å². The highest BCUT2D eigenvalue weighted by Crippen LogP contribution is 2.24. The van der Waals surface area contributed by atoms with Crippen molar-refractivity contribution in [3.63, 3.8) is 0 Å². The van der Waals surface area contributed by atoms with E-state index in [1.54, 1.807) is 18.2 Å². The van der Waals surface area contributed by atoms with E-state index in [9.17, 15) is 9.90 Å². The second kappa shape index (κ2) is 6.57. The number of hydrogen-bond acceptors (Lipinski definition) is 3. The van der Waals surface area contributed by atoms with E-state index in [0.29, 0.717) is 18.0 Å². The van der Waals surface area contributed by atoms with Gasteiger partial charge in [0.1, 0.15) is 5.75 Å². The first-order valence-electron chi connectivity index (χ1n) is 6.97. The third-order valence-corrected chi connectivity index (χ3v) is 3.90. The van der Waals surface area contributed by atoms with Crippen molar-refractivity contribution in [1.29, 1.82) is 0 Å². The van der Waals surface area contributed by atoms with Gasteiger partial charge in [0.25, 0.3) is 0 Å². The van der Waals surface area contributed by atoms with Gasteiger partial charge in [-0.1, -0.05) is 31.0 Å². The number of benzene rings is 1. The van der Waals surface area contributed by atoms with E-state index in [4.69, 9.17) is 5.73 Å². The van der Waals surface area contributed by atoms with Crippen molar-refractivity contribution in [2.45, 2.75) is 38.1 Å². The van der Waals surface area contributed by atoms with Gasteiger partial charge in [0.2, 0.25) is 5.91 Å². The molecule has 0 saturated heterocycles. The molecule has 0 bridgehead atoms. The maximum Gasteiger partial charge on any atom is 0.224 e. The number of phenols is 1. The van der Waals surface area contributed by atoms with Crippen LogP contribution in [0.3, 0.4) is 0 Å². The van der Waals surface area contributed by atoms with E-state index in [2.05, 4.69) is 5.32 Å². The van der Waals surface area contributed by atoms with Gasteiger partial charge in [-0.25, -0.2) is 0 Å². The van der Waals surface area contributed by atoms with Gasteiger partial charge >= 0.3 is 0 Å². The summed E-state index contributed by atoms with van der Waals surface area (Å²) in [7, 11) is 0. The zero-order chi connectivity index (χ0) is 13.7. The lowest BCUT2D eigenvalue weighted by Gasteiger charge is -2.31. The first-order valence-corrected chi connectivity index (χ1v) is 6.97. The number of hydrogen-bond donors (Lipinski definition) is 3. The summed E-state index contributed by atoms with van der Waals surface area (Å²) in [5, 5.41) is 12.7. The Morgan fingerprint density at radius 2 is 2.05 bits per heavy atom. The molecule has 0 radical (unpaired) electrons. The quantitative estimate of drug-likeness (QED) is 0.771. The van der Waals surface area contributed by atoms with Crippen molar-refractivity contribution < 1.29 is 9.90 Å². The predicted octanol–water partition coefficient (Wildman–Crippen LogP) is 1.57. The van der Waals surface area contributed by atoms with Crippen molar-refractivity contribution in [2.24, 2.45) is 11.7 Å². The van der Waals surface area contributed by atoms with Crippen LogP contribution >= 0.6 is 0 Å². The molecule has 1 fully saturated rings. The van der Waals surface area contributed by atoms with Crippen LogP contribution in [0.15, 0.2) is 24.3 Å². The second-order valence-electron chi connectivity index (χ2n) is 5.26. The van der Waals surface area contributed by atoms with Crippen molar-refractivity contribution in [1.82, 2.24) is 5.32 Å². The number of phenolic OH excluding ortho intramolecular Hbond substituents is 1. The molecule has 4 N–H and O–H groups in total. The Bertz CT molecular complexity index is 434. The minimum absolute atomic E-state index is 0.0353. The summed E-state index contributed by atoms with van der Waals surface area (Å²) in [4.78, 5) is 12.0. The van der Waals surface area contributed by atoms with Crippen LogP contribution in [0, 0.1) is 5.92 Å². The predicted molar refractivity (Wildman–Crippen MR) is 74.8 cm³/mol. The molecule has 1 amide bonds. The van der Waals surface area contributed by atoms with Gasteiger partial charge in [0.15, 0.2) is 0 Å². The van der Waals surface area contributed by atoms with Crippen LogP contribution in [0.4, 0.5) is 0 Å². The molecule has 2 rings (SSSR count). The van der Waals surface area contributed by atoms with Crippen molar-refractivity contribution in [3.8, 4) is 5.75 Å². The van der Waals surface area contributed by atoms with Crippen LogP contribution < -0.4 is 11.1 Å². The molecule has 2 atom stereocenters. The highest BCUT2D eigenvalue weighted by atomic mass is 16.3. The molecular formula is C15H22N2O2. The van der Waals surface area contributed by atoms with Crippen LogP contribution in [0.5, 0.6) is 5.75 Å². The number of amides is 1. The molecule has 104 valence electrons. The smallest absolute Gasteiger partial charge is 0.224 e. The minimum atomic E-state index is -0.0353. The number of nitrogens with one attached hydrogen (secondary N) is 1. The molecule has 2 unspecified atom stereocenters. The van der Waals surface area contributed by atoms with E-state index in [1.807, 2.05) is 6.07 Å². The Morgan fingerprint density at radius 3 is 2.79 bits per heavy atom. The monoisotopic (exact) mass is 262 g/mol. The topological polar surface area (TPSA) is 75.3 Å². The van der Waals surface area contributed by atoms with Gasteiger partial charge in [-0.05, 0) is 31.4 Å². The maximum atomic E-state index is 12.0. The Morgan fingerprint density at radius 1 is 1.32 bits per heavy atom. The zero-order valence-corrected chi connectivity index (χ0v) is 11.1. The highest BCUT2D eigenvalue weighted by Gasteiger charge is 2.25. The third kappa shape index (κ3) is 3.70. The normalized spacial score (nSPS) is 23.0. The number of aromatic hydroxyl groups is 1. The van der Waals surface area contributed by atoms with Gasteiger partial charge in [-0.2, -0.15) is 0 Å². The first-order chi connectivity index (χ1) is 9.20. The summed E-state index contributed by atoms with van der Waals surface area (Å²) in [6, 6.07) is 7.15. The highest BCUT2D eigenvalue weighted by molar-refractivity contribution is 5.79. The van der Waals surface area contributed by atoms with Gasteiger partial charge in [0.05, 0.1) is 6.42 Å². The molecule has 0 aromatic heterocycles. The molecule has 1 aliphatic rings. The summed E-state index contributed by atoms with van der Waals surface area (Å²) in [5.74, 6) is 0.533. The van der Waals surface area contributed by atoms with Crippen LogP contribution in [-0.2, 0) is 11.2 Å². The molecule has 4 nitrogen and oxygen atoms in total. The van der Waals surface area contributed by atoms with Crippen molar-refractivity contribution >= 4 is 5.91 Å². The average Bonchev–Trinajstić information content (AvgIpc) is 2.42. The van der Waals surface area contributed by atoms with Crippen molar-refractivity contribution in [2.75, 3.05) is 6.54 Å². The summed E-state index contributed by atoms with van der Waals surface area (Å²) in [6.45, 7) is 0.627. The lowest BCUT2D eigenvalue weighted by molar-refractivity contribution is -0.121. The Labute approximate surface area is 114 Å². The van der Waals surface area contributed by atoms with E-state index < -0.39 is 0 Å². The first kappa shape index (κ1) is 13.9.